The van der Waals surface area contributed by atoms with Crippen molar-refractivity contribution in [1.29, 1.82) is 0 Å². The summed E-state index contributed by atoms with van der Waals surface area (Å²) < 4.78 is 5.60. The highest BCUT2D eigenvalue weighted by Gasteiger charge is 2.16. The summed E-state index contributed by atoms with van der Waals surface area (Å²) in [4.78, 5) is 4.24. The van der Waals surface area contributed by atoms with Gasteiger partial charge in [0, 0.05) is 18.3 Å². The lowest BCUT2D eigenvalue weighted by Gasteiger charge is -2.24. The molecule has 0 amide bonds. The summed E-state index contributed by atoms with van der Waals surface area (Å²) in [5, 5.41) is 0. The number of ether oxygens (including phenoxy) is 1. The van der Waals surface area contributed by atoms with E-state index in [4.69, 9.17) is 10.5 Å². The summed E-state index contributed by atoms with van der Waals surface area (Å²) in [5.74, 6) is 1.60. The average molecular weight is 220 g/mol. The summed E-state index contributed by atoms with van der Waals surface area (Å²) in [7, 11) is 0. The molecular formula is C13H20N2O. The molecule has 0 aliphatic heterocycles. The van der Waals surface area contributed by atoms with Crippen LogP contribution >= 0.6 is 0 Å². The fourth-order valence-corrected chi connectivity index (χ4v) is 1.86. The molecule has 88 valence electrons. The van der Waals surface area contributed by atoms with Crippen molar-refractivity contribution in [1.82, 2.24) is 4.98 Å². The largest absolute Gasteiger partial charge is 0.478 e. The van der Waals surface area contributed by atoms with Crippen molar-refractivity contribution >= 4 is 0 Å². The summed E-state index contributed by atoms with van der Waals surface area (Å²) in [6, 6.07) is 3.92. The highest BCUT2D eigenvalue weighted by molar-refractivity contribution is 5.19. The van der Waals surface area contributed by atoms with E-state index in [0.717, 1.165) is 24.5 Å². The van der Waals surface area contributed by atoms with Crippen molar-refractivity contribution in [2.24, 2.45) is 11.7 Å². The lowest BCUT2D eigenvalue weighted by molar-refractivity contribution is 0.217. The Morgan fingerprint density at radius 3 is 2.81 bits per heavy atom. The first-order chi connectivity index (χ1) is 7.75. The lowest BCUT2D eigenvalue weighted by Crippen LogP contribution is -2.14. The molecule has 2 rings (SSSR count). The van der Waals surface area contributed by atoms with Crippen molar-refractivity contribution in [2.75, 3.05) is 6.61 Å². The zero-order valence-electron chi connectivity index (χ0n) is 9.86. The Morgan fingerprint density at radius 2 is 2.31 bits per heavy atom. The van der Waals surface area contributed by atoms with Gasteiger partial charge in [-0.25, -0.2) is 4.98 Å². The maximum atomic E-state index is 5.75. The Kier molecular flexibility index (Phi) is 3.78. The normalized spacial score (nSPS) is 17.9. The number of nitrogens with two attached hydrogens (primary N) is 1. The highest BCUT2D eigenvalue weighted by Crippen LogP contribution is 2.29. The van der Waals surface area contributed by atoms with Crippen LogP contribution in [0.15, 0.2) is 18.3 Å². The monoisotopic (exact) mass is 220 g/mol. The van der Waals surface area contributed by atoms with Crippen molar-refractivity contribution < 1.29 is 4.74 Å². The zero-order chi connectivity index (χ0) is 11.4. The molecule has 1 fully saturated rings. The molecule has 0 unspecified atom stereocenters. The molecule has 1 aromatic heterocycles. The Balaban J connectivity index is 1.75. The molecule has 0 aromatic carbocycles. The molecule has 1 aromatic rings. The quantitative estimate of drug-likeness (QED) is 0.830. The maximum absolute atomic E-state index is 5.75. The van der Waals surface area contributed by atoms with Gasteiger partial charge in [-0.15, -0.1) is 0 Å². The van der Waals surface area contributed by atoms with Crippen LogP contribution in [-0.4, -0.2) is 11.6 Å². The fraction of sp³-hybridized carbons (Fsp3) is 0.615. The van der Waals surface area contributed by atoms with E-state index in [9.17, 15) is 0 Å². The Morgan fingerprint density at radius 1 is 1.50 bits per heavy atom. The predicted molar refractivity (Wildman–Crippen MR) is 64.3 cm³/mol. The van der Waals surface area contributed by atoms with E-state index in [-0.39, 0.29) is 6.04 Å². The van der Waals surface area contributed by atoms with Crippen LogP contribution in [0.4, 0.5) is 0 Å². The van der Waals surface area contributed by atoms with Crippen molar-refractivity contribution in [2.45, 2.75) is 38.6 Å². The molecule has 0 saturated heterocycles. The smallest absolute Gasteiger partial charge is 0.213 e. The van der Waals surface area contributed by atoms with Crippen LogP contribution in [0, 0.1) is 5.92 Å². The molecule has 16 heavy (non-hydrogen) atoms. The molecular weight excluding hydrogens is 200 g/mol. The van der Waals surface area contributed by atoms with Crippen molar-refractivity contribution in [3.63, 3.8) is 0 Å². The Bertz CT molecular complexity index is 317. The van der Waals surface area contributed by atoms with E-state index in [1.54, 1.807) is 6.20 Å². The molecule has 3 nitrogen and oxygen atoms in total. The third kappa shape index (κ3) is 2.95. The first-order valence-electron chi connectivity index (χ1n) is 6.10. The minimum Gasteiger partial charge on any atom is -0.478 e. The van der Waals surface area contributed by atoms with Crippen LogP contribution in [0.25, 0.3) is 0 Å². The number of nitrogens with zero attached hydrogens (tertiary/aromatic N) is 1. The van der Waals surface area contributed by atoms with Crippen molar-refractivity contribution in [3.05, 3.63) is 23.9 Å². The van der Waals surface area contributed by atoms with Crippen LogP contribution in [-0.2, 0) is 0 Å². The second-order valence-electron chi connectivity index (χ2n) is 4.65. The summed E-state index contributed by atoms with van der Waals surface area (Å²) in [6.07, 6.45) is 7.10. The van der Waals surface area contributed by atoms with Crippen LogP contribution < -0.4 is 10.5 Å². The van der Waals surface area contributed by atoms with Gasteiger partial charge in [-0.05, 0) is 24.8 Å². The number of hydrogen-bond acceptors (Lipinski definition) is 3. The SMILES string of the molecule is C[C@H](N)c1ccc(OCCC2CCC2)nc1. The second-order valence-corrected chi connectivity index (χ2v) is 4.65. The van der Waals surface area contributed by atoms with Gasteiger partial charge in [-0.1, -0.05) is 25.3 Å². The first-order valence-corrected chi connectivity index (χ1v) is 6.10. The van der Waals surface area contributed by atoms with Gasteiger partial charge in [0.2, 0.25) is 5.88 Å². The van der Waals surface area contributed by atoms with Crippen LogP contribution in [0.5, 0.6) is 5.88 Å². The number of aromatic nitrogens is 1. The first kappa shape index (κ1) is 11.4. The van der Waals surface area contributed by atoms with Crippen LogP contribution in [0.1, 0.15) is 44.2 Å². The van der Waals surface area contributed by atoms with E-state index in [1.807, 2.05) is 19.1 Å². The second kappa shape index (κ2) is 5.30. The topological polar surface area (TPSA) is 48.1 Å². The molecule has 1 aliphatic rings. The average Bonchev–Trinajstić information content (AvgIpc) is 2.22. The predicted octanol–water partition coefficient (Wildman–Crippen LogP) is 2.67. The van der Waals surface area contributed by atoms with Crippen LogP contribution in [0.2, 0.25) is 0 Å². The maximum Gasteiger partial charge on any atom is 0.213 e. The third-order valence-corrected chi connectivity index (χ3v) is 3.29. The standard InChI is InChI=1S/C13H20N2O/c1-10(14)12-5-6-13(15-9-12)16-8-7-11-3-2-4-11/h5-6,9-11H,2-4,7-8,14H2,1H3/t10-/m0/s1. The van der Waals surface area contributed by atoms with Gasteiger partial charge >= 0.3 is 0 Å². The van der Waals surface area contributed by atoms with Gasteiger partial charge < -0.3 is 10.5 Å². The molecule has 0 radical (unpaired) electrons. The lowest BCUT2D eigenvalue weighted by atomic mass is 9.83. The number of hydrogen-bond donors (Lipinski definition) is 1. The molecule has 0 bridgehead atoms. The Labute approximate surface area is 97.0 Å². The molecule has 1 saturated carbocycles. The number of pyridine rings is 1. The third-order valence-electron chi connectivity index (χ3n) is 3.29. The van der Waals surface area contributed by atoms with E-state index in [0.29, 0.717) is 5.88 Å². The number of rotatable bonds is 5. The van der Waals surface area contributed by atoms with Crippen molar-refractivity contribution in [3.8, 4) is 5.88 Å². The van der Waals surface area contributed by atoms with Gasteiger partial charge in [0.05, 0.1) is 6.61 Å². The summed E-state index contributed by atoms with van der Waals surface area (Å²) in [5.41, 5.74) is 6.80. The van der Waals surface area contributed by atoms with E-state index < -0.39 is 0 Å². The minimum absolute atomic E-state index is 0.0385. The molecule has 1 aliphatic carbocycles. The van der Waals surface area contributed by atoms with Gasteiger partial charge in [0.1, 0.15) is 0 Å². The molecule has 1 heterocycles. The van der Waals surface area contributed by atoms with E-state index >= 15 is 0 Å². The van der Waals surface area contributed by atoms with Gasteiger partial charge in [-0.3, -0.25) is 0 Å². The summed E-state index contributed by atoms with van der Waals surface area (Å²) in [6.45, 7) is 2.74. The zero-order valence-corrected chi connectivity index (χ0v) is 9.86. The van der Waals surface area contributed by atoms with E-state index in [1.165, 1.54) is 19.3 Å². The fourth-order valence-electron chi connectivity index (χ4n) is 1.86. The van der Waals surface area contributed by atoms with Gasteiger partial charge in [0.15, 0.2) is 0 Å². The summed E-state index contributed by atoms with van der Waals surface area (Å²) >= 11 is 0. The minimum atomic E-state index is 0.0385. The van der Waals surface area contributed by atoms with E-state index in [2.05, 4.69) is 4.98 Å². The van der Waals surface area contributed by atoms with Crippen LogP contribution in [0.3, 0.4) is 0 Å². The highest BCUT2D eigenvalue weighted by atomic mass is 16.5. The molecule has 3 heteroatoms. The molecule has 1 atom stereocenters. The van der Waals surface area contributed by atoms with Gasteiger partial charge in [-0.2, -0.15) is 0 Å². The van der Waals surface area contributed by atoms with Gasteiger partial charge in [0.25, 0.3) is 0 Å². The Hall–Kier alpha value is -1.09. The molecule has 2 N–H and O–H groups in total. The molecule has 0 spiro atoms.